The van der Waals surface area contributed by atoms with Crippen molar-refractivity contribution in [1.82, 2.24) is 5.32 Å². The van der Waals surface area contributed by atoms with Crippen molar-refractivity contribution in [3.05, 3.63) is 83.9 Å². The van der Waals surface area contributed by atoms with Gasteiger partial charge in [0.05, 0.1) is 30.4 Å². The molecule has 11 heteroatoms. The molecule has 3 rings (SSSR count). The molecular weight excluding hydrogens is 485 g/mol. The lowest BCUT2D eigenvalue weighted by atomic mass is 10.1. The molecule has 0 spiro atoms. The van der Waals surface area contributed by atoms with E-state index in [4.69, 9.17) is 9.47 Å². The number of methoxy groups -OCH3 is 2. The minimum atomic E-state index is -4.52. The fraction of sp³-hybridized carbons (Fsp3) is 0.208. The third-order valence-corrected chi connectivity index (χ3v) is 6.81. The SMILES string of the molecule is COc1ccc(S(=O)(=O)N(CC(=O)NCc2cccc(C(F)(F)F)c2)c2ccccc2OC)cc1. The maximum Gasteiger partial charge on any atom is 0.416 e. The predicted molar refractivity (Wildman–Crippen MR) is 124 cm³/mol. The smallest absolute Gasteiger partial charge is 0.416 e. The number of carbonyl (C=O) groups excluding carboxylic acids is 1. The molecule has 0 atom stereocenters. The van der Waals surface area contributed by atoms with Crippen molar-refractivity contribution in [2.24, 2.45) is 0 Å². The Morgan fingerprint density at radius 2 is 1.63 bits per heavy atom. The van der Waals surface area contributed by atoms with Crippen molar-refractivity contribution in [3.8, 4) is 11.5 Å². The third kappa shape index (κ3) is 6.24. The molecule has 186 valence electrons. The van der Waals surface area contributed by atoms with Crippen molar-refractivity contribution in [2.45, 2.75) is 17.6 Å². The number of benzene rings is 3. The number of amides is 1. The van der Waals surface area contributed by atoms with Crippen LogP contribution in [0.1, 0.15) is 11.1 Å². The summed E-state index contributed by atoms with van der Waals surface area (Å²) in [6, 6.07) is 16.4. The molecule has 35 heavy (non-hydrogen) atoms. The highest BCUT2D eigenvalue weighted by Crippen LogP contribution is 2.33. The van der Waals surface area contributed by atoms with Gasteiger partial charge in [-0.05, 0) is 54.1 Å². The zero-order valence-corrected chi connectivity index (χ0v) is 19.7. The van der Waals surface area contributed by atoms with Crippen molar-refractivity contribution in [2.75, 3.05) is 25.1 Å². The molecule has 0 saturated heterocycles. The molecule has 0 unspecified atom stereocenters. The van der Waals surface area contributed by atoms with Gasteiger partial charge >= 0.3 is 6.18 Å². The number of alkyl halides is 3. The second kappa shape index (κ2) is 10.7. The van der Waals surface area contributed by atoms with Gasteiger partial charge in [0.25, 0.3) is 10.0 Å². The van der Waals surface area contributed by atoms with E-state index in [1.54, 1.807) is 18.2 Å². The van der Waals surface area contributed by atoms with Crippen molar-refractivity contribution < 1.29 is 35.9 Å². The fourth-order valence-corrected chi connectivity index (χ4v) is 4.69. The molecule has 3 aromatic rings. The first kappa shape index (κ1) is 25.9. The number of sulfonamides is 1. The Bertz CT molecular complexity index is 1280. The monoisotopic (exact) mass is 508 g/mol. The molecule has 1 amide bonds. The molecule has 0 fully saturated rings. The average Bonchev–Trinajstić information content (AvgIpc) is 2.85. The number of rotatable bonds is 9. The van der Waals surface area contributed by atoms with Crippen molar-refractivity contribution in [3.63, 3.8) is 0 Å². The lowest BCUT2D eigenvalue weighted by Gasteiger charge is -2.25. The van der Waals surface area contributed by atoms with Gasteiger partial charge in [0.15, 0.2) is 0 Å². The van der Waals surface area contributed by atoms with E-state index >= 15 is 0 Å². The Morgan fingerprint density at radius 3 is 2.26 bits per heavy atom. The van der Waals surface area contributed by atoms with E-state index in [-0.39, 0.29) is 28.4 Å². The van der Waals surface area contributed by atoms with Gasteiger partial charge in [-0.25, -0.2) is 8.42 Å². The number of hydrogen-bond donors (Lipinski definition) is 1. The van der Waals surface area contributed by atoms with Crippen LogP contribution in [0.15, 0.2) is 77.7 Å². The zero-order chi connectivity index (χ0) is 25.6. The molecule has 1 N–H and O–H groups in total. The lowest BCUT2D eigenvalue weighted by Crippen LogP contribution is -2.40. The summed E-state index contributed by atoms with van der Waals surface area (Å²) in [4.78, 5) is 12.7. The number of halogens is 3. The first-order valence-electron chi connectivity index (χ1n) is 10.3. The van der Waals surface area contributed by atoms with Gasteiger partial charge in [0.1, 0.15) is 18.0 Å². The third-order valence-electron chi connectivity index (χ3n) is 5.03. The van der Waals surface area contributed by atoms with Crippen LogP contribution in [0.2, 0.25) is 0 Å². The Morgan fingerprint density at radius 1 is 0.943 bits per heavy atom. The minimum absolute atomic E-state index is 0.0881. The quantitative estimate of drug-likeness (QED) is 0.468. The topological polar surface area (TPSA) is 84.9 Å². The van der Waals surface area contributed by atoms with Crippen LogP contribution in [0.4, 0.5) is 18.9 Å². The summed E-state index contributed by atoms with van der Waals surface area (Å²) in [5.41, 5.74) is -0.503. The van der Waals surface area contributed by atoms with Gasteiger partial charge in [-0.3, -0.25) is 9.10 Å². The summed E-state index contributed by atoms with van der Waals surface area (Å²) in [5.74, 6) is -0.0488. The molecule has 0 bridgehead atoms. The summed E-state index contributed by atoms with van der Waals surface area (Å²) in [6.07, 6.45) is -4.52. The molecule has 0 radical (unpaired) electrons. The predicted octanol–water partition coefficient (Wildman–Crippen LogP) is 4.23. The first-order valence-corrected chi connectivity index (χ1v) is 11.7. The molecular formula is C24H23F3N2O5S. The molecule has 0 aliphatic heterocycles. The van der Waals surface area contributed by atoms with E-state index in [1.807, 2.05) is 0 Å². The molecule has 0 aromatic heterocycles. The summed E-state index contributed by atoms with van der Waals surface area (Å²) >= 11 is 0. The van der Waals surface area contributed by atoms with E-state index in [0.29, 0.717) is 5.75 Å². The number of hydrogen-bond acceptors (Lipinski definition) is 5. The molecule has 0 aliphatic carbocycles. The number of para-hydroxylation sites is 2. The molecule has 0 saturated carbocycles. The van der Waals surface area contributed by atoms with Crippen LogP contribution < -0.4 is 19.1 Å². The highest BCUT2D eigenvalue weighted by Gasteiger charge is 2.31. The summed E-state index contributed by atoms with van der Waals surface area (Å²) in [7, 11) is -1.42. The Hall–Kier alpha value is -3.73. The summed E-state index contributed by atoms with van der Waals surface area (Å²) in [6.45, 7) is -0.848. The largest absolute Gasteiger partial charge is 0.497 e. The van der Waals surface area contributed by atoms with E-state index in [1.165, 1.54) is 56.7 Å². The number of nitrogens with zero attached hydrogens (tertiary/aromatic N) is 1. The summed E-state index contributed by atoms with van der Waals surface area (Å²) in [5, 5.41) is 2.48. The Labute approximate surface area is 201 Å². The molecule has 0 aliphatic rings. The van der Waals surface area contributed by atoms with Gasteiger partial charge < -0.3 is 14.8 Å². The van der Waals surface area contributed by atoms with Gasteiger partial charge in [-0.2, -0.15) is 13.2 Å². The van der Waals surface area contributed by atoms with Crippen LogP contribution in [0, 0.1) is 0 Å². The van der Waals surface area contributed by atoms with Gasteiger partial charge in [-0.1, -0.05) is 24.3 Å². The first-order chi connectivity index (χ1) is 16.6. The zero-order valence-electron chi connectivity index (χ0n) is 18.9. The van der Waals surface area contributed by atoms with E-state index in [2.05, 4.69) is 5.32 Å². The highest BCUT2D eigenvalue weighted by molar-refractivity contribution is 7.92. The standard InChI is InChI=1S/C24H23F3N2O5S/c1-33-19-10-12-20(13-11-19)35(31,32)29(21-8-3-4-9-22(21)34-2)16-23(30)28-15-17-6-5-7-18(14-17)24(25,26)27/h3-14H,15-16H2,1-2H3,(H,28,30). The molecule has 7 nitrogen and oxygen atoms in total. The van der Waals surface area contributed by atoms with Crippen LogP contribution in [0.25, 0.3) is 0 Å². The van der Waals surface area contributed by atoms with Crippen LogP contribution in [0.3, 0.4) is 0 Å². The molecule has 0 heterocycles. The Balaban J connectivity index is 1.88. The maximum atomic E-state index is 13.5. The maximum absolute atomic E-state index is 13.5. The van der Waals surface area contributed by atoms with E-state index < -0.39 is 34.2 Å². The fourth-order valence-electron chi connectivity index (χ4n) is 3.25. The summed E-state index contributed by atoms with van der Waals surface area (Å²) < 4.78 is 77.1. The molecule has 3 aromatic carbocycles. The number of carbonyl (C=O) groups is 1. The van der Waals surface area contributed by atoms with Gasteiger partial charge in [-0.15, -0.1) is 0 Å². The van der Waals surface area contributed by atoms with E-state index in [9.17, 15) is 26.4 Å². The second-order valence-electron chi connectivity index (χ2n) is 7.33. The van der Waals surface area contributed by atoms with Crippen LogP contribution >= 0.6 is 0 Å². The van der Waals surface area contributed by atoms with Crippen LogP contribution in [-0.2, 0) is 27.5 Å². The lowest BCUT2D eigenvalue weighted by molar-refractivity contribution is -0.137. The second-order valence-corrected chi connectivity index (χ2v) is 9.20. The van der Waals surface area contributed by atoms with Gasteiger partial charge in [0.2, 0.25) is 5.91 Å². The van der Waals surface area contributed by atoms with Crippen LogP contribution in [-0.4, -0.2) is 35.1 Å². The number of nitrogens with one attached hydrogen (secondary N) is 1. The minimum Gasteiger partial charge on any atom is -0.497 e. The normalized spacial score (nSPS) is 11.6. The average molecular weight is 509 g/mol. The number of anilines is 1. The van der Waals surface area contributed by atoms with Crippen LogP contribution in [0.5, 0.6) is 11.5 Å². The number of ether oxygens (including phenoxy) is 2. The van der Waals surface area contributed by atoms with Crippen molar-refractivity contribution >= 4 is 21.6 Å². The van der Waals surface area contributed by atoms with E-state index in [0.717, 1.165) is 16.4 Å². The van der Waals surface area contributed by atoms with Crippen molar-refractivity contribution in [1.29, 1.82) is 0 Å². The highest BCUT2D eigenvalue weighted by atomic mass is 32.2. The van der Waals surface area contributed by atoms with Gasteiger partial charge in [0, 0.05) is 6.54 Å². The Kier molecular flexibility index (Phi) is 7.90.